The number of rotatable bonds is 3. The van der Waals surface area contributed by atoms with E-state index in [1.807, 2.05) is 0 Å². The van der Waals surface area contributed by atoms with Crippen molar-refractivity contribution < 1.29 is 8.42 Å². The summed E-state index contributed by atoms with van der Waals surface area (Å²) in [6.07, 6.45) is 6.59. The number of nitrogens with one attached hydrogen (secondary N) is 1. The molecule has 1 fully saturated rings. The Balaban J connectivity index is 2.42. The molecule has 0 aromatic rings. The molecule has 0 aliphatic heterocycles. The molecule has 0 aromatic heterocycles. The fourth-order valence-corrected chi connectivity index (χ4v) is 2.68. The summed E-state index contributed by atoms with van der Waals surface area (Å²) in [6.45, 7) is 0. The molecule has 0 unspecified atom stereocenters. The van der Waals surface area contributed by atoms with Crippen LogP contribution in [-0.2, 0) is 10.0 Å². The van der Waals surface area contributed by atoms with Crippen molar-refractivity contribution in [2.24, 2.45) is 0 Å². The quantitative estimate of drug-likeness (QED) is 0.589. The van der Waals surface area contributed by atoms with Gasteiger partial charge in [0.15, 0.2) is 0 Å². The van der Waals surface area contributed by atoms with Gasteiger partial charge in [0.05, 0.1) is 0 Å². The Labute approximate surface area is 84.9 Å². The number of alkyl halides is 1. The third kappa shape index (κ3) is 4.29. The predicted octanol–water partition coefficient (Wildman–Crippen LogP) is 1.82. The second kappa shape index (κ2) is 5.17. The van der Waals surface area contributed by atoms with Crippen LogP contribution in [0.4, 0.5) is 0 Å². The zero-order chi connectivity index (χ0) is 9.73. The number of hydrogen-bond acceptors (Lipinski definition) is 2. The molecule has 0 spiro atoms. The van der Waals surface area contributed by atoms with Crippen molar-refractivity contribution in [2.45, 2.75) is 44.6 Å². The van der Waals surface area contributed by atoms with E-state index in [0.717, 1.165) is 25.7 Å². The van der Waals surface area contributed by atoms with Crippen molar-refractivity contribution >= 4 is 21.6 Å². The predicted molar refractivity (Wildman–Crippen MR) is 54.3 cm³/mol. The molecule has 3 nitrogen and oxygen atoms in total. The summed E-state index contributed by atoms with van der Waals surface area (Å²) in [4.78, 5) is 0. The molecule has 0 heterocycles. The average Bonchev–Trinajstić information content (AvgIpc) is 2.32. The van der Waals surface area contributed by atoms with E-state index in [9.17, 15) is 8.42 Å². The van der Waals surface area contributed by atoms with E-state index in [0.29, 0.717) is 0 Å². The minimum absolute atomic E-state index is 0.117. The van der Waals surface area contributed by atoms with E-state index >= 15 is 0 Å². The highest BCUT2D eigenvalue weighted by molar-refractivity contribution is 7.90. The van der Waals surface area contributed by atoms with Crippen molar-refractivity contribution in [3.8, 4) is 0 Å². The second-order valence-corrected chi connectivity index (χ2v) is 5.87. The summed E-state index contributed by atoms with van der Waals surface area (Å²) in [6, 6.07) is 0.117. The summed E-state index contributed by atoms with van der Waals surface area (Å²) in [7, 11) is -3.22. The van der Waals surface area contributed by atoms with Gasteiger partial charge in [0, 0.05) is 6.04 Å². The van der Waals surface area contributed by atoms with E-state index < -0.39 is 10.0 Å². The van der Waals surface area contributed by atoms with E-state index in [4.69, 9.17) is 11.6 Å². The number of hydrogen-bond donors (Lipinski definition) is 1. The first-order chi connectivity index (χ1) is 6.14. The highest BCUT2D eigenvalue weighted by Gasteiger charge is 2.17. The van der Waals surface area contributed by atoms with Crippen LogP contribution < -0.4 is 4.72 Å². The lowest BCUT2D eigenvalue weighted by Gasteiger charge is -2.14. The Morgan fingerprint density at radius 2 is 1.69 bits per heavy atom. The van der Waals surface area contributed by atoms with Crippen LogP contribution in [0.2, 0.25) is 0 Å². The molecule has 0 bridgehead atoms. The first kappa shape index (κ1) is 11.3. The van der Waals surface area contributed by atoms with Crippen LogP contribution in [0.3, 0.4) is 0 Å². The summed E-state index contributed by atoms with van der Waals surface area (Å²) in [5.41, 5.74) is 0. The normalized spacial score (nSPS) is 21.3. The van der Waals surface area contributed by atoms with Gasteiger partial charge in [-0.25, -0.2) is 13.1 Å². The summed E-state index contributed by atoms with van der Waals surface area (Å²) >= 11 is 5.30. The molecular formula is C8H16ClNO2S. The van der Waals surface area contributed by atoms with Crippen LogP contribution in [-0.4, -0.2) is 19.7 Å². The molecule has 0 amide bonds. The van der Waals surface area contributed by atoms with Crippen molar-refractivity contribution in [2.75, 3.05) is 5.21 Å². The lowest BCUT2D eigenvalue weighted by Crippen LogP contribution is -2.34. The third-order valence-corrected chi connectivity index (χ3v) is 4.19. The van der Waals surface area contributed by atoms with Crippen molar-refractivity contribution in [1.29, 1.82) is 0 Å². The maximum absolute atomic E-state index is 11.1. The zero-order valence-corrected chi connectivity index (χ0v) is 9.20. The molecule has 1 N–H and O–H groups in total. The number of halogens is 1. The highest BCUT2D eigenvalue weighted by atomic mass is 35.5. The van der Waals surface area contributed by atoms with E-state index in [2.05, 4.69) is 4.72 Å². The molecule has 0 atom stereocenters. The van der Waals surface area contributed by atoms with Crippen molar-refractivity contribution in [3.05, 3.63) is 0 Å². The van der Waals surface area contributed by atoms with Crippen LogP contribution in [0, 0.1) is 0 Å². The molecule has 78 valence electrons. The molecule has 13 heavy (non-hydrogen) atoms. The summed E-state index contributed by atoms with van der Waals surface area (Å²) < 4.78 is 24.9. The topological polar surface area (TPSA) is 46.2 Å². The van der Waals surface area contributed by atoms with Gasteiger partial charge in [-0.05, 0) is 12.8 Å². The van der Waals surface area contributed by atoms with Crippen LogP contribution >= 0.6 is 11.6 Å². The van der Waals surface area contributed by atoms with E-state index in [-0.39, 0.29) is 11.3 Å². The van der Waals surface area contributed by atoms with Gasteiger partial charge in [0.2, 0.25) is 10.0 Å². The summed E-state index contributed by atoms with van der Waals surface area (Å²) in [5, 5.41) is -0.330. The van der Waals surface area contributed by atoms with Crippen LogP contribution in [0.25, 0.3) is 0 Å². The lowest BCUT2D eigenvalue weighted by atomic mass is 10.1. The van der Waals surface area contributed by atoms with Crippen molar-refractivity contribution in [1.82, 2.24) is 4.72 Å². The second-order valence-electron chi connectivity index (χ2n) is 3.53. The summed E-state index contributed by atoms with van der Waals surface area (Å²) in [5.74, 6) is 0. The Morgan fingerprint density at radius 3 is 2.15 bits per heavy atom. The third-order valence-electron chi connectivity index (χ3n) is 2.35. The van der Waals surface area contributed by atoms with E-state index in [1.54, 1.807) is 0 Å². The average molecular weight is 226 g/mol. The van der Waals surface area contributed by atoms with Gasteiger partial charge in [0.1, 0.15) is 5.21 Å². The zero-order valence-electron chi connectivity index (χ0n) is 7.63. The molecule has 0 saturated heterocycles. The minimum atomic E-state index is -3.22. The molecule has 1 saturated carbocycles. The molecule has 1 aliphatic carbocycles. The standard InChI is InChI=1S/C8H16ClNO2S/c9-7-13(11,12)10-8-5-3-1-2-4-6-8/h8,10H,1-7H2. The molecular weight excluding hydrogens is 210 g/mol. The van der Waals surface area contributed by atoms with Gasteiger partial charge in [-0.2, -0.15) is 0 Å². The molecule has 1 aliphatic rings. The first-order valence-electron chi connectivity index (χ1n) is 4.70. The van der Waals surface area contributed by atoms with Crippen LogP contribution in [0.15, 0.2) is 0 Å². The van der Waals surface area contributed by atoms with Gasteiger partial charge in [-0.1, -0.05) is 25.7 Å². The Morgan fingerprint density at radius 1 is 1.15 bits per heavy atom. The largest absolute Gasteiger partial charge is 0.225 e. The highest BCUT2D eigenvalue weighted by Crippen LogP contribution is 2.17. The minimum Gasteiger partial charge on any atom is -0.211 e. The van der Waals surface area contributed by atoms with Gasteiger partial charge in [0.25, 0.3) is 0 Å². The molecule has 5 heteroatoms. The fourth-order valence-electron chi connectivity index (χ4n) is 1.68. The maximum atomic E-state index is 11.1. The molecule has 1 rings (SSSR count). The van der Waals surface area contributed by atoms with Crippen LogP contribution in [0.5, 0.6) is 0 Å². The Hall–Kier alpha value is 0.200. The monoisotopic (exact) mass is 225 g/mol. The SMILES string of the molecule is O=S(=O)(CCl)NC1CCCCCC1. The number of sulfonamides is 1. The van der Waals surface area contributed by atoms with Gasteiger partial charge in [-0.15, -0.1) is 11.6 Å². The Kier molecular flexibility index (Phi) is 4.49. The van der Waals surface area contributed by atoms with Gasteiger partial charge >= 0.3 is 0 Å². The smallest absolute Gasteiger partial charge is 0.211 e. The van der Waals surface area contributed by atoms with Crippen LogP contribution in [0.1, 0.15) is 38.5 Å². The fraction of sp³-hybridized carbons (Fsp3) is 1.00. The van der Waals surface area contributed by atoms with Gasteiger partial charge < -0.3 is 0 Å². The van der Waals surface area contributed by atoms with Crippen molar-refractivity contribution in [3.63, 3.8) is 0 Å². The first-order valence-corrected chi connectivity index (χ1v) is 6.89. The molecule has 0 radical (unpaired) electrons. The Bertz CT molecular complexity index is 233. The van der Waals surface area contributed by atoms with E-state index in [1.165, 1.54) is 12.8 Å². The van der Waals surface area contributed by atoms with Gasteiger partial charge in [-0.3, -0.25) is 0 Å². The maximum Gasteiger partial charge on any atom is 0.225 e. The lowest BCUT2D eigenvalue weighted by molar-refractivity contribution is 0.512. The molecule has 0 aromatic carbocycles.